The SMILES string of the molecule is Cc1c(C)c(N2CCN(C(C)c3ccccc3)CC2)c(C)c2c1OC(C)(C)C2C1CCNC1. The van der Waals surface area contributed by atoms with E-state index in [1.54, 1.807) is 0 Å². The highest BCUT2D eigenvalue weighted by Gasteiger charge is 2.48. The van der Waals surface area contributed by atoms with Gasteiger partial charge < -0.3 is 15.0 Å². The van der Waals surface area contributed by atoms with Crippen molar-refractivity contribution in [1.29, 1.82) is 0 Å². The summed E-state index contributed by atoms with van der Waals surface area (Å²) in [7, 11) is 0. The van der Waals surface area contributed by atoms with E-state index in [0.29, 0.717) is 17.9 Å². The van der Waals surface area contributed by atoms with Crippen LogP contribution in [0.3, 0.4) is 0 Å². The molecule has 5 rings (SSSR count). The lowest BCUT2D eigenvalue weighted by atomic mass is 9.74. The van der Waals surface area contributed by atoms with E-state index in [1.807, 2.05) is 0 Å². The van der Waals surface area contributed by atoms with Crippen LogP contribution in [0, 0.1) is 26.7 Å². The van der Waals surface area contributed by atoms with Crippen LogP contribution in [0.25, 0.3) is 0 Å². The summed E-state index contributed by atoms with van der Waals surface area (Å²) in [4.78, 5) is 5.29. The van der Waals surface area contributed by atoms with Crippen LogP contribution in [-0.2, 0) is 0 Å². The van der Waals surface area contributed by atoms with Gasteiger partial charge in [0.2, 0.25) is 0 Å². The fourth-order valence-corrected chi connectivity index (χ4v) is 6.82. The Kier molecular flexibility index (Phi) is 5.95. The Morgan fingerprint density at radius 3 is 2.30 bits per heavy atom. The molecule has 33 heavy (non-hydrogen) atoms. The number of hydrogen-bond acceptors (Lipinski definition) is 4. The van der Waals surface area contributed by atoms with Crippen LogP contribution in [0.4, 0.5) is 5.69 Å². The second-order valence-electron chi connectivity index (χ2n) is 11.0. The van der Waals surface area contributed by atoms with Gasteiger partial charge in [-0.15, -0.1) is 0 Å². The van der Waals surface area contributed by atoms with E-state index in [1.165, 1.54) is 45.7 Å². The molecule has 4 heteroatoms. The van der Waals surface area contributed by atoms with Gasteiger partial charge in [-0.05, 0) is 89.2 Å². The minimum atomic E-state index is -0.149. The van der Waals surface area contributed by atoms with Crippen molar-refractivity contribution < 1.29 is 4.74 Å². The smallest absolute Gasteiger partial charge is 0.127 e. The van der Waals surface area contributed by atoms with Crippen molar-refractivity contribution in [3.8, 4) is 5.75 Å². The van der Waals surface area contributed by atoms with E-state index < -0.39 is 0 Å². The fraction of sp³-hybridized carbons (Fsp3) is 0.586. The molecule has 0 aromatic heterocycles. The number of rotatable bonds is 4. The van der Waals surface area contributed by atoms with Gasteiger partial charge in [0, 0.05) is 49.4 Å². The van der Waals surface area contributed by atoms with Gasteiger partial charge in [0.15, 0.2) is 0 Å². The number of ether oxygens (including phenoxy) is 1. The third-order valence-corrected chi connectivity index (χ3v) is 8.72. The third-order valence-electron chi connectivity index (χ3n) is 8.72. The van der Waals surface area contributed by atoms with E-state index in [4.69, 9.17) is 4.74 Å². The normalized spacial score (nSPS) is 25.7. The van der Waals surface area contributed by atoms with E-state index >= 15 is 0 Å². The van der Waals surface area contributed by atoms with Gasteiger partial charge in [0.05, 0.1) is 0 Å². The minimum Gasteiger partial charge on any atom is -0.487 e. The molecule has 0 saturated carbocycles. The van der Waals surface area contributed by atoms with Crippen molar-refractivity contribution in [1.82, 2.24) is 10.2 Å². The van der Waals surface area contributed by atoms with Crippen molar-refractivity contribution in [2.45, 2.75) is 65.5 Å². The number of nitrogens with zero attached hydrogens (tertiary/aromatic N) is 2. The summed E-state index contributed by atoms with van der Waals surface area (Å²) in [5.74, 6) is 2.28. The number of nitrogens with one attached hydrogen (secondary N) is 1. The molecule has 3 aliphatic heterocycles. The first kappa shape index (κ1) is 22.7. The van der Waals surface area contributed by atoms with E-state index in [2.05, 4.69) is 87.0 Å². The average molecular weight is 448 g/mol. The summed E-state index contributed by atoms with van der Waals surface area (Å²) in [6.07, 6.45) is 1.24. The first-order valence-corrected chi connectivity index (χ1v) is 12.9. The lowest BCUT2D eigenvalue weighted by Gasteiger charge is -2.41. The molecule has 0 aliphatic carbocycles. The maximum atomic E-state index is 6.70. The fourth-order valence-electron chi connectivity index (χ4n) is 6.82. The molecule has 0 amide bonds. The van der Waals surface area contributed by atoms with E-state index in [0.717, 1.165) is 39.3 Å². The molecule has 2 saturated heterocycles. The monoisotopic (exact) mass is 447 g/mol. The second-order valence-corrected chi connectivity index (χ2v) is 11.0. The highest BCUT2D eigenvalue weighted by Crippen LogP contribution is 2.55. The van der Waals surface area contributed by atoms with Crippen LogP contribution in [0.2, 0.25) is 0 Å². The summed E-state index contributed by atoms with van der Waals surface area (Å²) >= 11 is 0. The first-order chi connectivity index (χ1) is 15.8. The molecule has 3 atom stereocenters. The van der Waals surface area contributed by atoms with Crippen LogP contribution in [-0.4, -0.2) is 49.8 Å². The molecular weight excluding hydrogens is 406 g/mol. The van der Waals surface area contributed by atoms with Gasteiger partial charge in [-0.2, -0.15) is 0 Å². The molecule has 3 aliphatic rings. The van der Waals surface area contributed by atoms with E-state index in [-0.39, 0.29) is 5.60 Å². The molecule has 4 nitrogen and oxygen atoms in total. The highest BCUT2D eigenvalue weighted by molar-refractivity contribution is 5.71. The quantitative estimate of drug-likeness (QED) is 0.683. The zero-order valence-electron chi connectivity index (χ0n) is 21.4. The Morgan fingerprint density at radius 1 is 0.970 bits per heavy atom. The summed E-state index contributed by atoms with van der Waals surface area (Å²) < 4.78 is 6.70. The van der Waals surface area contributed by atoms with Gasteiger partial charge in [0.25, 0.3) is 0 Å². The van der Waals surface area contributed by atoms with Crippen molar-refractivity contribution in [3.05, 3.63) is 58.1 Å². The Hall–Kier alpha value is -2.04. The maximum absolute atomic E-state index is 6.70. The number of piperazine rings is 1. The Labute approximate surface area is 200 Å². The molecule has 3 unspecified atom stereocenters. The summed E-state index contributed by atoms with van der Waals surface area (Å²) in [5.41, 5.74) is 8.43. The number of hydrogen-bond donors (Lipinski definition) is 1. The molecule has 0 bridgehead atoms. The van der Waals surface area contributed by atoms with E-state index in [9.17, 15) is 0 Å². The molecule has 2 aromatic carbocycles. The third kappa shape index (κ3) is 3.85. The van der Waals surface area contributed by atoms with Crippen LogP contribution in [0.1, 0.15) is 67.0 Å². The van der Waals surface area contributed by atoms with Gasteiger partial charge in [-0.25, -0.2) is 0 Å². The van der Waals surface area contributed by atoms with Gasteiger partial charge in [-0.3, -0.25) is 4.90 Å². The van der Waals surface area contributed by atoms with Crippen LogP contribution in [0.5, 0.6) is 5.75 Å². The van der Waals surface area contributed by atoms with Crippen LogP contribution < -0.4 is 15.0 Å². The van der Waals surface area contributed by atoms with Crippen LogP contribution in [0.15, 0.2) is 30.3 Å². The Bertz CT molecular complexity index is 1000. The van der Waals surface area contributed by atoms with Crippen molar-refractivity contribution in [2.75, 3.05) is 44.2 Å². The van der Waals surface area contributed by atoms with Gasteiger partial charge in [0.1, 0.15) is 11.4 Å². The molecule has 178 valence electrons. The zero-order chi connectivity index (χ0) is 23.3. The van der Waals surface area contributed by atoms with Crippen molar-refractivity contribution >= 4 is 5.69 Å². The number of benzene rings is 2. The lowest BCUT2D eigenvalue weighted by molar-refractivity contribution is 0.0884. The predicted molar refractivity (Wildman–Crippen MR) is 138 cm³/mol. The summed E-state index contributed by atoms with van der Waals surface area (Å²) in [6.45, 7) is 20.5. The second kappa shape index (κ2) is 8.63. The number of fused-ring (bicyclic) bond motifs is 1. The van der Waals surface area contributed by atoms with Gasteiger partial charge >= 0.3 is 0 Å². The largest absolute Gasteiger partial charge is 0.487 e. The highest BCUT2D eigenvalue weighted by atomic mass is 16.5. The topological polar surface area (TPSA) is 27.7 Å². The van der Waals surface area contributed by atoms with Crippen molar-refractivity contribution in [3.63, 3.8) is 0 Å². The summed E-state index contributed by atoms with van der Waals surface area (Å²) in [6, 6.07) is 11.4. The molecule has 0 spiro atoms. The standard InChI is InChI=1S/C29H41N3O/c1-19-20(2)28-25(26(29(5,6)33-28)24-12-13-30-18-24)21(3)27(19)32-16-14-31(15-17-32)22(4)23-10-8-7-9-11-23/h7-11,22,24,26,30H,12-18H2,1-6H3. The first-order valence-electron chi connectivity index (χ1n) is 12.9. The van der Waals surface area contributed by atoms with Gasteiger partial charge in [-0.1, -0.05) is 30.3 Å². The molecule has 2 fully saturated rings. The molecule has 1 N–H and O–H groups in total. The zero-order valence-corrected chi connectivity index (χ0v) is 21.4. The molecule has 3 heterocycles. The maximum Gasteiger partial charge on any atom is 0.127 e. The molecule has 0 radical (unpaired) electrons. The molecule has 2 aromatic rings. The molecular formula is C29H41N3O. The van der Waals surface area contributed by atoms with Crippen LogP contribution >= 0.6 is 0 Å². The average Bonchev–Trinajstić information content (AvgIpc) is 3.43. The van der Waals surface area contributed by atoms with Crippen molar-refractivity contribution in [2.24, 2.45) is 5.92 Å². The predicted octanol–water partition coefficient (Wildman–Crippen LogP) is 5.36. The minimum absolute atomic E-state index is 0.149. The Morgan fingerprint density at radius 2 is 1.67 bits per heavy atom. The summed E-state index contributed by atoms with van der Waals surface area (Å²) in [5, 5.41) is 3.60. The Balaban J connectivity index is 1.43. The number of anilines is 1. The lowest BCUT2D eigenvalue weighted by Crippen LogP contribution is -2.47.